The van der Waals surface area contributed by atoms with Crippen LogP contribution >= 0.6 is 11.6 Å². The zero-order chi connectivity index (χ0) is 21.7. The molecular weight excluding hydrogens is 428 g/mol. The van der Waals surface area contributed by atoms with Crippen molar-refractivity contribution >= 4 is 39.2 Å². The first-order chi connectivity index (χ1) is 14.3. The molecule has 0 aromatic heterocycles. The lowest BCUT2D eigenvalue weighted by atomic mass is 9.97. The van der Waals surface area contributed by atoms with Crippen LogP contribution in [0, 0.1) is 5.92 Å². The first kappa shape index (κ1) is 22.3. The van der Waals surface area contributed by atoms with Crippen molar-refractivity contribution in [1.82, 2.24) is 4.31 Å². The molecule has 0 atom stereocenters. The number of piperidine rings is 1. The summed E-state index contributed by atoms with van der Waals surface area (Å²) in [5, 5.41) is 3.30. The van der Waals surface area contributed by atoms with Gasteiger partial charge >= 0.3 is 5.97 Å². The predicted octanol–water partition coefficient (Wildman–Crippen LogP) is 3.56. The Kier molecular flexibility index (Phi) is 7.12. The van der Waals surface area contributed by atoms with Crippen LogP contribution in [0.15, 0.2) is 53.4 Å². The van der Waals surface area contributed by atoms with Crippen molar-refractivity contribution in [2.45, 2.75) is 24.7 Å². The molecule has 7 nitrogen and oxygen atoms in total. The van der Waals surface area contributed by atoms with E-state index in [1.54, 1.807) is 43.3 Å². The summed E-state index contributed by atoms with van der Waals surface area (Å²) >= 11 is 5.83. The number of carbonyl (C=O) groups excluding carboxylic acids is 2. The Morgan fingerprint density at radius 3 is 2.23 bits per heavy atom. The molecular formula is C21H23ClN2O5S. The minimum absolute atomic E-state index is 0.164. The fourth-order valence-electron chi connectivity index (χ4n) is 3.26. The van der Waals surface area contributed by atoms with Crippen molar-refractivity contribution in [3.63, 3.8) is 0 Å². The minimum atomic E-state index is -3.61. The number of sulfonamides is 1. The molecule has 1 heterocycles. The molecule has 2 aromatic rings. The molecule has 1 aliphatic rings. The molecule has 1 fully saturated rings. The third-order valence-electron chi connectivity index (χ3n) is 4.94. The zero-order valence-electron chi connectivity index (χ0n) is 16.5. The summed E-state index contributed by atoms with van der Waals surface area (Å²) in [6, 6.07) is 12.5. The lowest BCUT2D eigenvalue weighted by Crippen LogP contribution is -2.41. The molecule has 3 rings (SSSR count). The molecule has 9 heteroatoms. The van der Waals surface area contributed by atoms with Gasteiger partial charge in [-0.3, -0.25) is 4.79 Å². The number of benzene rings is 2. The highest BCUT2D eigenvalue weighted by molar-refractivity contribution is 7.89. The van der Waals surface area contributed by atoms with Crippen LogP contribution in [0.3, 0.4) is 0 Å². The Morgan fingerprint density at radius 2 is 1.67 bits per heavy atom. The molecule has 0 spiro atoms. The number of nitrogens with zero attached hydrogens (tertiary/aromatic N) is 1. The van der Waals surface area contributed by atoms with E-state index in [0.29, 0.717) is 35.7 Å². The van der Waals surface area contributed by atoms with Crippen LogP contribution in [0.4, 0.5) is 5.69 Å². The molecule has 0 unspecified atom stereocenters. The number of halogens is 1. The van der Waals surface area contributed by atoms with E-state index in [0.717, 1.165) is 0 Å². The summed E-state index contributed by atoms with van der Waals surface area (Å²) in [6.45, 7) is 2.57. The fourth-order valence-corrected chi connectivity index (χ4v) is 4.86. The third kappa shape index (κ3) is 5.19. The van der Waals surface area contributed by atoms with E-state index in [2.05, 4.69) is 5.32 Å². The molecule has 0 bridgehead atoms. The number of rotatable bonds is 6. The fraction of sp³-hybridized carbons (Fsp3) is 0.333. The molecule has 1 amide bonds. The number of nitrogens with one attached hydrogen (secondary N) is 1. The van der Waals surface area contributed by atoms with Crippen molar-refractivity contribution in [3.05, 3.63) is 59.1 Å². The number of hydrogen-bond acceptors (Lipinski definition) is 5. The summed E-state index contributed by atoms with van der Waals surface area (Å²) in [7, 11) is -3.61. The maximum absolute atomic E-state index is 12.7. The maximum atomic E-state index is 12.7. The van der Waals surface area contributed by atoms with Crippen molar-refractivity contribution in [2.75, 3.05) is 25.0 Å². The molecule has 2 aromatic carbocycles. The number of ether oxygens (including phenoxy) is 1. The average molecular weight is 451 g/mol. The smallest absolute Gasteiger partial charge is 0.338 e. The Balaban J connectivity index is 1.56. The van der Waals surface area contributed by atoms with Crippen molar-refractivity contribution in [1.29, 1.82) is 0 Å². The lowest BCUT2D eigenvalue weighted by Gasteiger charge is -2.30. The molecule has 1 saturated heterocycles. The number of hydrogen-bond donors (Lipinski definition) is 1. The van der Waals surface area contributed by atoms with E-state index < -0.39 is 16.0 Å². The Hall–Kier alpha value is -2.42. The van der Waals surface area contributed by atoms with Gasteiger partial charge in [0.05, 0.1) is 17.1 Å². The van der Waals surface area contributed by atoms with E-state index in [1.165, 1.54) is 16.4 Å². The molecule has 0 radical (unpaired) electrons. The minimum Gasteiger partial charge on any atom is -0.462 e. The van der Waals surface area contributed by atoms with E-state index in [1.807, 2.05) is 0 Å². The van der Waals surface area contributed by atoms with Gasteiger partial charge in [-0.05, 0) is 68.3 Å². The highest BCUT2D eigenvalue weighted by Gasteiger charge is 2.32. The Morgan fingerprint density at radius 1 is 1.07 bits per heavy atom. The molecule has 0 saturated carbocycles. The first-order valence-electron chi connectivity index (χ1n) is 9.65. The molecule has 160 valence electrons. The highest BCUT2D eigenvalue weighted by atomic mass is 35.5. The quantitative estimate of drug-likeness (QED) is 0.679. The van der Waals surface area contributed by atoms with Crippen molar-refractivity contribution in [3.8, 4) is 0 Å². The van der Waals surface area contributed by atoms with Gasteiger partial charge in [0, 0.05) is 29.7 Å². The second-order valence-corrected chi connectivity index (χ2v) is 9.29. The summed E-state index contributed by atoms with van der Waals surface area (Å²) in [6.07, 6.45) is 0.860. The van der Waals surface area contributed by atoms with Gasteiger partial charge in [-0.1, -0.05) is 11.6 Å². The van der Waals surface area contributed by atoms with E-state index in [9.17, 15) is 18.0 Å². The second-order valence-electron chi connectivity index (χ2n) is 6.92. The van der Waals surface area contributed by atoms with Crippen LogP contribution in [0.25, 0.3) is 0 Å². The van der Waals surface area contributed by atoms with Gasteiger partial charge in [-0.15, -0.1) is 0 Å². The van der Waals surface area contributed by atoms with Crippen LogP contribution in [0.5, 0.6) is 0 Å². The van der Waals surface area contributed by atoms with Crippen LogP contribution < -0.4 is 5.32 Å². The second kappa shape index (κ2) is 9.59. The normalized spacial score (nSPS) is 15.5. The number of anilines is 1. The van der Waals surface area contributed by atoms with Crippen LogP contribution in [-0.2, 0) is 19.6 Å². The highest BCUT2D eigenvalue weighted by Crippen LogP contribution is 2.25. The van der Waals surface area contributed by atoms with Crippen molar-refractivity contribution in [2.24, 2.45) is 5.92 Å². The Labute approximate surface area is 181 Å². The van der Waals surface area contributed by atoms with E-state index in [-0.39, 0.29) is 29.8 Å². The van der Waals surface area contributed by atoms with Gasteiger partial charge in [0.25, 0.3) is 0 Å². The maximum Gasteiger partial charge on any atom is 0.338 e. The van der Waals surface area contributed by atoms with E-state index in [4.69, 9.17) is 16.3 Å². The van der Waals surface area contributed by atoms with E-state index >= 15 is 0 Å². The first-order valence-corrected chi connectivity index (χ1v) is 11.5. The van der Waals surface area contributed by atoms with Crippen LogP contribution in [-0.4, -0.2) is 44.3 Å². The summed E-state index contributed by atoms with van der Waals surface area (Å²) < 4.78 is 31.8. The van der Waals surface area contributed by atoms with Gasteiger partial charge in [-0.2, -0.15) is 4.31 Å². The predicted molar refractivity (Wildman–Crippen MR) is 114 cm³/mol. The van der Waals surface area contributed by atoms with Crippen molar-refractivity contribution < 1.29 is 22.7 Å². The lowest BCUT2D eigenvalue weighted by molar-refractivity contribution is -0.120. The summed E-state index contributed by atoms with van der Waals surface area (Å²) in [5.41, 5.74) is 0.986. The molecule has 1 N–H and O–H groups in total. The Bertz CT molecular complexity index is 999. The standard InChI is InChI=1S/C21H23ClN2O5S/c1-2-29-21(26)16-3-7-18(8-4-16)23-20(25)15-11-13-24(14-12-15)30(27,28)19-9-5-17(22)6-10-19/h3-10,15H,2,11-14H2,1H3,(H,23,25). The SMILES string of the molecule is CCOC(=O)c1ccc(NC(=O)C2CCN(S(=O)(=O)c3ccc(Cl)cc3)CC2)cc1. The number of carbonyl (C=O) groups is 2. The van der Waals surface area contributed by atoms with Gasteiger partial charge in [-0.25, -0.2) is 13.2 Å². The summed E-state index contributed by atoms with van der Waals surface area (Å²) in [4.78, 5) is 24.4. The van der Waals surface area contributed by atoms with Crippen LogP contribution in [0.1, 0.15) is 30.1 Å². The largest absolute Gasteiger partial charge is 0.462 e. The zero-order valence-corrected chi connectivity index (χ0v) is 18.1. The third-order valence-corrected chi connectivity index (χ3v) is 7.10. The van der Waals surface area contributed by atoms with Gasteiger partial charge < -0.3 is 10.1 Å². The number of amides is 1. The topological polar surface area (TPSA) is 92.8 Å². The molecule has 1 aliphatic heterocycles. The van der Waals surface area contributed by atoms with Gasteiger partial charge in [0.15, 0.2) is 0 Å². The molecule has 0 aliphatic carbocycles. The molecule has 30 heavy (non-hydrogen) atoms. The summed E-state index contributed by atoms with van der Waals surface area (Å²) in [5.74, 6) is -0.863. The average Bonchev–Trinajstić information content (AvgIpc) is 2.75. The van der Waals surface area contributed by atoms with Gasteiger partial charge in [0.2, 0.25) is 15.9 Å². The monoisotopic (exact) mass is 450 g/mol. The van der Waals surface area contributed by atoms with Crippen LogP contribution in [0.2, 0.25) is 5.02 Å². The number of esters is 1. The van der Waals surface area contributed by atoms with Gasteiger partial charge in [0.1, 0.15) is 0 Å².